The molecule has 118 valence electrons. The molecule has 1 N–H and O–H groups in total. The van der Waals surface area contributed by atoms with Crippen molar-refractivity contribution in [2.75, 3.05) is 5.32 Å². The second-order valence-corrected chi connectivity index (χ2v) is 5.20. The maximum Gasteiger partial charge on any atom is 0.246 e. The summed E-state index contributed by atoms with van der Waals surface area (Å²) in [5.74, 6) is -0.468. The number of aryl methyl sites for hydroxylation is 1. The van der Waals surface area contributed by atoms with Gasteiger partial charge >= 0.3 is 0 Å². The van der Waals surface area contributed by atoms with E-state index in [0.717, 1.165) is 5.69 Å². The van der Waals surface area contributed by atoms with Crippen LogP contribution in [0.15, 0.2) is 48.9 Å². The molecule has 7 heteroatoms. The summed E-state index contributed by atoms with van der Waals surface area (Å²) in [5.41, 5.74) is 2.02. The summed E-state index contributed by atoms with van der Waals surface area (Å²) in [6.45, 7) is 2.32. The molecular weight excluding hydrogens is 297 g/mol. The fourth-order valence-electron chi connectivity index (χ4n) is 2.22. The fraction of sp³-hybridized carbons (Fsp3) is 0.188. The van der Waals surface area contributed by atoms with Crippen LogP contribution in [-0.2, 0) is 17.9 Å². The van der Waals surface area contributed by atoms with E-state index in [1.165, 1.54) is 12.3 Å². The molecule has 1 amide bonds. The van der Waals surface area contributed by atoms with Crippen molar-refractivity contribution in [2.24, 2.45) is 0 Å². The molecule has 0 aliphatic heterocycles. The van der Waals surface area contributed by atoms with Crippen molar-refractivity contribution < 1.29 is 9.18 Å². The number of rotatable bonds is 5. The lowest BCUT2D eigenvalue weighted by Crippen LogP contribution is -2.19. The number of nitrogens with one attached hydrogen (secondary N) is 1. The third-order valence-electron chi connectivity index (χ3n) is 3.43. The van der Waals surface area contributed by atoms with E-state index in [1.807, 2.05) is 13.0 Å². The van der Waals surface area contributed by atoms with Crippen LogP contribution in [0.25, 0.3) is 0 Å². The molecular formula is C16H16FN5O. The first-order chi connectivity index (χ1) is 11.1. The summed E-state index contributed by atoms with van der Waals surface area (Å²) in [6.07, 6.45) is 4.85. The van der Waals surface area contributed by atoms with Gasteiger partial charge in [0.2, 0.25) is 5.91 Å². The summed E-state index contributed by atoms with van der Waals surface area (Å²) >= 11 is 0. The summed E-state index contributed by atoms with van der Waals surface area (Å²) in [4.78, 5) is 12.0. The maximum absolute atomic E-state index is 13.6. The van der Waals surface area contributed by atoms with Crippen LogP contribution in [0.2, 0.25) is 0 Å². The lowest BCUT2D eigenvalue weighted by Gasteiger charge is -2.05. The van der Waals surface area contributed by atoms with Gasteiger partial charge in [0, 0.05) is 23.7 Å². The van der Waals surface area contributed by atoms with Gasteiger partial charge in [-0.1, -0.05) is 18.2 Å². The van der Waals surface area contributed by atoms with Gasteiger partial charge in [-0.3, -0.25) is 14.2 Å². The molecule has 0 atom stereocenters. The number of nitrogens with zero attached hydrogens (tertiary/aromatic N) is 4. The second kappa shape index (κ2) is 6.43. The van der Waals surface area contributed by atoms with E-state index in [0.29, 0.717) is 17.8 Å². The van der Waals surface area contributed by atoms with Crippen molar-refractivity contribution in [1.29, 1.82) is 0 Å². The van der Waals surface area contributed by atoms with E-state index in [4.69, 9.17) is 0 Å². The first-order valence-electron chi connectivity index (χ1n) is 7.16. The van der Waals surface area contributed by atoms with Crippen LogP contribution in [0.3, 0.4) is 0 Å². The van der Waals surface area contributed by atoms with E-state index in [2.05, 4.69) is 15.5 Å². The molecule has 0 bridgehead atoms. The maximum atomic E-state index is 13.6. The van der Waals surface area contributed by atoms with Crippen LogP contribution in [0.5, 0.6) is 0 Å². The van der Waals surface area contributed by atoms with Gasteiger partial charge in [-0.15, -0.1) is 0 Å². The molecule has 0 saturated carbocycles. The van der Waals surface area contributed by atoms with Gasteiger partial charge < -0.3 is 5.32 Å². The standard InChI is InChI=1S/C16H16FN5O/c1-12-6-7-18-22(12)11-16(23)20-14-8-19-21(10-14)9-13-4-2-3-5-15(13)17/h2-8,10H,9,11H2,1H3,(H,20,23). The van der Waals surface area contributed by atoms with E-state index < -0.39 is 0 Å². The highest BCUT2D eigenvalue weighted by molar-refractivity contribution is 5.90. The number of hydrogen-bond acceptors (Lipinski definition) is 3. The van der Waals surface area contributed by atoms with Crippen molar-refractivity contribution >= 4 is 11.6 Å². The van der Waals surface area contributed by atoms with Gasteiger partial charge in [-0.25, -0.2) is 4.39 Å². The molecule has 0 unspecified atom stereocenters. The monoisotopic (exact) mass is 313 g/mol. The molecule has 0 aliphatic rings. The van der Waals surface area contributed by atoms with Crippen LogP contribution in [0, 0.1) is 12.7 Å². The van der Waals surface area contributed by atoms with Gasteiger partial charge in [-0.05, 0) is 19.1 Å². The minimum atomic E-state index is -0.275. The SMILES string of the molecule is Cc1ccnn1CC(=O)Nc1cnn(Cc2ccccc2F)c1. The first kappa shape index (κ1) is 15.0. The van der Waals surface area contributed by atoms with Crippen molar-refractivity contribution in [3.8, 4) is 0 Å². The Bertz CT molecular complexity index is 823. The topological polar surface area (TPSA) is 64.7 Å². The van der Waals surface area contributed by atoms with Crippen LogP contribution in [0.1, 0.15) is 11.3 Å². The van der Waals surface area contributed by atoms with E-state index in [9.17, 15) is 9.18 Å². The van der Waals surface area contributed by atoms with Crippen molar-refractivity contribution in [1.82, 2.24) is 19.6 Å². The van der Waals surface area contributed by atoms with Gasteiger partial charge in [0.25, 0.3) is 0 Å². The molecule has 6 nitrogen and oxygen atoms in total. The van der Waals surface area contributed by atoms with Gasteiger partial charge in [-0.2, -0.15) is 10.2 Å². The summed E-state index contributed by atoms with van der Waals surface area (Å²) < 4.78 is 16.8. The van der Waals surface area contributed by atoms with Crippen molar-refractivity contribution in [3.05, 3.63) is 66.0 Å². The predicted octanol–water partition coefficient (Wildman–Crippen LogP) is 2.21. The quantitative estimate of drug-likeness (QED) is 0.785. The molecule has 3 aromatic rings. The summed E-state index contributed by atoms with van der Waals surface area (Å²) in [5, 5.41) is 10.9. The molecule has 2 aromatic heterocycles. The number of benzene rings is 1. The molecule has 0 radical (unpaired) electrons. The average molecular weight is 313 g/mol. The first-order valence-corrected chi connectivity index (χ1v) is 7.16. The Labute approximate surface area is 132 Å². The van der Waals surface area contributed by atoms with Gasteiger partial charge in [0.05, 0.1) is 18.4 Å². The predicted molar refractivity (Wildman–Crippen MR) is 83.3 cm³/mol. The lowest BCUT2D eigenvalue weighted by molar-refractivity contribution is -0.116. The van der Waals surface area contributed by atoms with Crippen LogP contribution in [-0.4, -0.2) is 25.5 Å². The summed E-state index contributed by atoms with van der Waals surface area (Å²) in [6, 6.07) is 8.37. The highest BCUT2D eigenvalue weighted by atomic mass is 19.1. The number of halogens is 1. The third-order valence-corrected chi connectivity index (χ3v) is 3.43. The molecule has 23 heavy (non-hydrogen) atoms. The zero-order valence-corrected chi connectivity index (χ0v) is 12.6. The largest absolute Gasteiger partial charge is 0.322 e. The third kappa shape index (κ3) is 3.63. The van der Waals surface area contributed by atoms with E-state index in [-0.39, 0.29) is 18.3 Å². The van der Waals surface area contributed by atoms with Crippen LogP contribution >= 0.6 is 0 Å². The van der Waals surface area contributed by atoms with Gasteiger partial charge in [0.1, 0.15) is 12.4 Å². The van der Waals surface area contributed by atoms with Crippen molar-refractivity contribution in [2.45, 2.75) is 20.0 Å². The van der Waals surface area contributed by atoms with Gasteiger partial charge in [0.15, 0.2) is 0 Å². The minimum Gasteiger partial charge on any atom is -0.322 e. The molecule has 0 spiro atoms. The normalized spacial score (nSPS) is 10.7. The van der Waals surface area contributed by atoms with Crippen LogP contribution in [0.4, 0.5) is 10.1 Å². The Morgan fingerprint density at radius 3 is 2.83 bits per heavy atom. The lowest BCUT2D eigenvalue weighted by atomic mass is 10.2. The van der Waals surface area contributed by atoms with E-state index in [1.54, 1.807) is 40.0 Å². The smallest absolute Gasteiger partial charge is 0.246 e. The minimum absolute atomic E-state index is 0.136. The molecule has 2 heterocycles. The zero-order chi connectivity index (χ0) is 16.2. The summed E-state index contributed by atoms with van der Waals surface area (Å²) in [7, 11) is 0. The highest BCUT2D eigenvalue weighted by Crippen LogP contribution is 2.11. The fourth-order valence-corrected chi connectivity index (χ4v) is 2.22. The molecule has 0 fully saturated rings. The molecule has 0 aliphatic carbocycles. The molecule has 3 rings (SSSR count). The number of carbonyl (C=O) groups is 1. The Hall–Kier alpha value is -2.96. The molecule has 0 saturated heterocycles. The Balaban J connectivity index is 1.62. The number of anilines is 1. The number of aromatic nitrogens is 4. The zero-order valence-electron chi connectivity index (χ0n) is 12.6. The number of amides is 1. The van der Waals surface area contributed by atoms with E-state index >= 15 is 0 Å². The number of carbonyl (C=O) groups excluding carboxylic acids is 1. The van der Waals surface area contributed by atoms with Crippen LogP contribution < -0.4 is 5.32 Å². The Morgan fingerprint density at radius 1 is 1.26 bits per heavy atom. The highest BCUT2D eigenvalue weighted by Gasteiger charge is 2.08. The molecule has 1 aromatic carbocycles. The Kier molecular flexibility index (Phi) is 4.18. The van der Waals surface area contributed by atoms with Crippen molar-refractivity contribution in [3.63, 3.8) is 0 Å². The average Bonchev–Trinajstić information content (AvgIpc) is 3.11. The number of hydrogen-bond donors (Lipinski definition) is 1. The Morgan fingerprint density at radius 2 is 2.09 bits per heavy atom. The second-order valence-electron chi connectivity index (χ2n) is 5.20.